The molecular weight excluding hydrogens is 116 g/mol. The fourth-order valence-corrected chi connectivity index (χ4v) is 0.583. The van der Waals surface area contributed by atoms with Crippen LogP contribution >= 0.6 is 0 Å². The summed E-state index contributed by atoms with van der Waals surface area (Å²) in [7, 11) is 3.82. The van der Waals surface area contributed by atoms with Crippen molar-refractivity contribution in [3.8, 4) is 0 Å². The van der Waals surface area contributed by atoms with Gasteiger partial charge in [-0.2, -0.15) is 0 Å². The summed E-state index contributed by atoms with van der Waals surface area (Å²) in [6.45, 7) is 2.93. The lowest BCUT2D eigenvalue weighted by atomic mass is 10.5. The monoisotopic (exact) mass is 131 g/mol. The quantitative estimate of drug-likeness (QED) is 0.511. The van der Waals surface area contributed by atoms with E-state index in [2.05, 4.69) is 0 Å². The smallest absolute Gasteiger partial charge is 0.124 e. The first-order chi connectivity index (χ1) is 4.22. The van der Waals surface area contributed by atoms with E-state index < -0.39 is 0 Å². The van der Waals surface area contributed by atoms with Crippen LogP contribution in [0, 0.1) is 0 Å². The second-order valence-electron chi connectivity index (χ2n) is 2.08. The van der Waals surface area contributed by atoms with Crippen molar-refractivity contribution in [2.24, 2.45) is 0 Å². The van der Waals surface area contributed by atoms with Crippen molar-refractivity contribution in [1.29, 1.82) is 0 Å². The number of hydrogen-bond donors (Lipinski definition) is 0. The van der Waals surface area contributed by atoms with E-state index in [9.17, 15) is 0 Å². The zero-order valence-corrected chi connectivity index (χ0v) is 6.35. The second-order valence-corrected chi connectivity index (χ2v) is 2.08. The summed E-state index contributed by atoms with van der Waals surface area (Å²) in [6, 6.07) is 0. The van der Waals surface area contributed by atoms with Gasteiger partial charge < -0.3 is 4.74 Å². The Morgan fingerprint density at radius 1 is 1.56 bits per heavy atom. The Kier molecular flexibility index (Phi) is 4.67. The molecule has 55 valence electrons. The molecule has 9 heavy (non-hydrogen) atoms. The Labute approximate surface area is 56.8 Å². The van der Waals surface area contributed by atoms with Crippen LogP contribution in [0.1, 0.15) is 6.92 Å². The Hall–Kier alpha value is -0.120. The molecule has 3 nitrogen and oxygen atoms in total. The van der Waals surface area contributed by atoms with Crippen LogP contribution in [0.3, 0.4) is 0 Å². The van der Waals surface area contributed by atoms with Gasteiger partial charge in [0.1, 0.15) is 6.23 Å². The standard InChI is InChI=1S/C6H15N2O/c1-4-9-6(5-7)8(2)3/h6-7H,4-5H2,1-3H3. The highest BCUT2D eigenvalue weighted by Crippen LogP contribution is 1.92. The molecule has 1 N–H and O–H groups in total. The van der Waals surface area contributed by atoms with Gasteiger partial charge in [-0.25, -0.2) is 0 Å². The number of nitrogens with zero attached hydrogens (tertiary/aromatic N) is 1. The summed E-state index contributed by atoms with van der Waals surface area (Å²) in [4.78, 5) is 1.90. The summed E-state index contributed by atoms with van der Waals surface area (Å²) in [6.07, 6.45) is -0.0324. The van der Waals surface area contributed by atoms with Crippen molar-refractivity contribution < 1.29 is 4.74 Å². The van der Waals surface area contributed by atoms with Gasteiger partial charge in [0, 0.05) is 6.61 Å². The summed E-state index contributed by atoms with van der Waals surface area (Å²) in [5, 5.41) is 0. The maximum atomic E-state index is 7.03. The van der Waals surface area contributed by atoms with Crippen LogP contribution in [0.4, 0.5) is 0 Å². The molecule has 0 aliphatic heterocycles. The minimum atomic E-state index is -0.0324. The molecule has 0 aliphatic rings. The molecule has 0 fully saturated rings. The van der Waals surface area contributed by atoms with E-state index in [-0.39, 0.29) is 6.23 Å². The predicted octanol–water partition coefficient (Wildman–Crippen LogP) is 0.194. The van der Waals surface area contributed by atoms with E-state index in [1.807, 2.05) is 25.9 Å². The number of ether oxygens (including phenoxy) is 1. The number of hydrogen-bond acceptors (Lipinski definition) is 2. The van der Waals surface area contributed by atoms with Gasteiger partial charge in [-0.1, -0.05) is 0 Å². The zero-order chi connectivity index (χ0) is 7.28. The lowest BCUT2D eigenvalue weighted by Gasteiger charge is -2.21. The molecule has 0 saturated heterocycles. The molecule has 0 aromatic carbocycles. The van der Waals surface area contributed by atoms with Gasteiger partial charge in [0.05, 0.1) is 6.54 Å². The van der Waals surface area contributed by atoms with Crippen molar-refractivity contribution in [1.82, 2.24) is 10.6 Å². The number of nitrogens with one attached hydrogen (secondary N) is 1. The largest absolute Gasteiger partial charge is 0.362 e. The minimum Gasteiger partial charge on any atom is -0.362 e. The highest BCUT2D eigenvalue weighted by Gasteiger charge is 2.06. The molecule has 1 unspecified atom stereocenters. The third-order valence-corrected chi connectivity index (χ3v) is 1.11. The van der Waals surface area contributed by atoms with Crippen molar-refractivity contribution >= 4 is 0 Å². The van der Waals surface area contributed by atoms with Gasteiger partial charge in [0.25, 0.3) is 0 Å². The first-order valence-corrected chi connectivity index (χ1v) is 3.15. The van der Waals surface area contributed by atoms with Crippen LogP contribution in [-0.2, 0) is 4.74 Å². The molecule has 0 aliphatic carbocycles. The summed E-state index contributed by atoms with van der Waals surface area (Å²) < 4.78 is 5.19. The van der Waals surface area contributed by atoms with Crippen molar-refractivity contribution in [2.45, 2.75) is 13.2 Å². The molecule has 3 heteroatoms. The van der Waals surface area contributed by atoms with E-state index in [4.69, 9.17) is 10.5 Å². The Balaban J connectivity index is 3.41. The predicted molar refractivity (Wildman–Crippen MR) is 37.1 cm³/mol. The fraction of sp³-hybridized carbons (Fsp3) is 1.00. The van der Waals surface area contributed by atoms with Crippen LogP contribution in [0.25, 0.3) is 0 Å². The van der Waals surface area contributed by atoms with Gasteiger partial charge in [-0.3, -0.25) is 10.6 Å². The minimum absolute atomic E-state index is 0.0324. The van der Waals surface area contributed by atoms with E-state index in [0.717, 1.165) is 0 Å². The third kappa shape index (κ3) is 3.46. The highest BCUT2D eigenvalue weighted by molar-refractivity contribution is 4.51. The molecule has 0 heterocycles. The van der Waals surface area contributed by atoms with Gasteiger partial charge in [-0.05, 0) is 21.0 Å². The summed E-state index contributed by atoms with van der Waals surface area (Å²) in [5.74, 6) is 0. The van der Waals surface area contributed by atoms with Crippen molar-refractivity contribution in [2.75, 3.05) is 27.2 Å². The van der Waals surface area contributed by atoms with Crippen molar-refractivity contribution in [3.63, 3.8) is 0 Å². The van der Waals surface area contributed by atoms with E-state index in [1.54, 1.807) is 0 Å². The molecule has 0 rings (SSSR count). The topological polar surface area (TPSA) is 36.3 Å². The molecular formula is C6H15N2O. The fourth-order valence-electron chi connectivity index (χ4n) is 0.583. The first-order valence-electron chi connectivity index (χ1n) is 3.15. The Bertz CT molecular complexity index is 66.1. The van der Waals surface area contributed by atoms with E-state index in [0.29, 0.717) is 13.2 Å². The van der Waals surface area contributed by atoms with Gasteiger partial charge in [0.15, 0.2) is 0 Å². The number of rotatable bonds is 4. The van der Waals surface area contributed by atoms with Crippen LogP contribution < -0.4 is 5.73 Å². The molecule has 0 spiro atoms. The molecule has 0 saturated carbocycles. The lowest BCUT2D eigenvalue weighted by Crippen LogP contribution is -2.34. The normalized spacial score (nSPS) is 14.3. The van der Waals surface area contributed by atoms with Gasteiger partial charge >= 0.3 is 0 Å². The van der Waals surface area contributed by atoms with Gasteiger partial charge in [-0.15, -0.1) is 0 Å². The Morgan fingerprint density at radius 3 is 2.22 bits per heavy atom. The lowest BCUT2D eigenvalue weighted by molar-refractivity contribution is -0.0238. The van der Waals surface area contributed by atoms with Gasteiger partial charge in [0.2, 0.25) is 0 Å². The van der Waals surface area contributed by atoms with E-state index >= 15 is 0 Å². The summed E-state index contributed by atoms with van der Waals surface area (Å²) in [5.41, 5.74) is 7.03. The summed E-state index contributed by atoms with van der Waals surface area (Å²) >= 11 is 0. The first kappa shape index (κ1) is 8.88. The maximum Gasteiger partial charge on any atom is 0.124 e. The van der Waals surface area contributed by atoms with Crippen molar-refractivity contribution in [3.05, 3.63) is 0 Å². The average molecular weight is 131 g/mol. The third-order valence-electron chi connectivity index (χ3n) is 1.11. The molecule has 1 radical (unpaired) electrons. The molecule has 0 bridgehead atoms. The SMILES string of the molecule is CCOC(C[NH])N(C)C. The van der Waals surface area contributed by atoms with Crippen LogP contribution in [0.15, 0.2) is 0 Å². The van der Waals surface area contributed by atoms with Crippen LogP contribution in [0.5, 0.6) is 0 Å². The Morgan fingerprint density at radius 2 is 2.11 bits per heavy atom. The van der Waals surface area contributed by atoms with Crippen LogP contribution in [-0.4, -0.2) is 38.4 Å². The molecule has 0 aromatic rings. The zero-order valence-electron chi connectivity index (χ0n) is 6.35. The molecule has 0 aromatic heterocycles. The molecule has 1 atom stereocenters. The maximum absolute atomic E-state index is 7.03. The number of likely N-dealkylation sites (N-methyl/N-ethyl adjacent to an activating group) is 1. The van der Waals surface area contributed by atoms with Crippen LogP contribution in [0.2, 0.25) is 0 Å². The second kappa shape index (κ2) is 4.73. The molecule has 0 amide bonds. The van der Waals surface area contributed by atoms with E-state index in [1.165, 1.54) is 0 Å². The average Bonchev–Trinajstić information content (AvgIpc) is 1.82. The highest BCUT2D eigenvalue weighted by atomic mass is 16.5.